The Kier molecular flexibility index (Phi) is 6.53. The fourth-order valence-electron chi connectivity index (χ4n) is 2.97. The third-order valence-corrected chi connectivity index (χ3v) is 5.90. The van der Waals surface area contributed by atoms with Crippen LogP contribution in [0.2, 0.25) is 0 Å². The van der Waals surface area contributed by atoms with Gasteiger partial charge in [0.1, 0.15) is 13.2 Å². The van der Waals surface area contributed by atoms with Crippen molar-refractivity contribution in [3.05, 3.63) is 54.1 Å². The van der Waals surface area contributed by atoms with Crippen LogP contribution >= 0.6 is 0 Å². The van der Waals surface area contributed by atoms with Crippen LogP contribution in [0.3, 0.4) is 0 Å². The van der Waals surface area contributed by atoms with Crippen molar-refractivity contribution in [1.29, 1.82) is 0 Å². The first-order valence-electron chi connectivity index (χ1n) is 9.21. The van der Waals surface area contributed by atoms with Crippen molar-refractivity contribution in [2.24, 2.45) is 0 Å². The van der Waals surface area contributed by atoms with Crippen molar-refractivity contribution in [3.63, 3.8) is 0 Å². The summed E-state index contributed by atoms with van der Waals surface area (Å²) in [4.78, 5) is 14.4. The molecule has 1 aliphatic rings. The normalized spacial score (nSPS) is 13.2. The summed E-state index contributed by atoms with van der Waals surface area (Å²) in [6.45, 7) is 3.81. The van der Waals surface area contributed by atoms with Crippen molar-refractivity contribution in [2.45, 2.75) is 24.8 Å². The number of nitrogens with zero attached hydrogens (tertiary/aromatic N) is 1. The molecule has 0 aromatic heterocycles. The van der Waals surface area contributed by atoms with Crippen LogP contribution in [0.5, 0.6) is 11.5 Å². The molecule has 3 rings (SSSR count). The highest BCUT2D eigenvalue weighted by Gasteiger charge is 2.20. The van der Waals surface area contributed by atoms with Gasteiger partial charge < -0.3 is 14.4 Å². The Balaban J connectivity index is 1.59. The lowest BCUT2D eigenvalue weighted by molar-refractivity contribution is -0.131. The predicted molar refractivity (Wildman–Crippen MR) is 105 cm³/mol. The number of nitrogens with one attached hydrogen (secondary N) is 1. The fourth-order valence-corrected chi connectivity index (χ4v) is 4.03. The van der Waals surface area contributed by atoms with E-state index in [2.05, 4.69) is 4.72 Å². The van der Waals surface area contributed by atoms with Gasteiger partial charge in [0.25, 0.3) is 0 Å². The maximum absolute atomic E-state index is 12.6. The van der Waals surface area contributed by atoms with E-state index in [1.807, 2.05) is 25.1 Å². The summed E-state index contributed by atoms with van der Waals surface area (Å²) in [6, 6.07) is 13.7. The number of carbonyl (C=O) groups excluding carboxylic acids is 1. The molecule has 1 amide bonds. The number of para-hydroxylation sites is 1. The van der Waals surface area contributed by atoms with Crippen LogP contribution in [0, 0.1) is 0 Å². The van der Waals surface area contributed by atoms with Gasteiger partial charge in [-0.05, 0) is 25.1 Å². The molecule has 0 aliphatic carbocycles. The molecule has 0 radical (unpaired) electrons. The molecule has 0 unspecified atom stereocenters. The zero-order chi connectivity index (χ0) is 20.0. The second kappa shape index (κ2) is 9.07. The van der Waals surface area contributed by atoms with E-state index in [1.165, 1.54) is 12.1 Å². The molecule has 28 heavy (non-hydrogen) atoms. The summed E-state index contributed by atoms with van der Waals surface area (Å²) in [7, 11) is -3.62. The highest BCUT2D eigenvalue weighted by molar-refractivity contribution is 7.89. The second-order valence-corrected chi connectivity index (χ2v) is 8.08. The summed E-state index contributed by atoms with van der Waals surface area (Å²) in [5.41, 5.74) is 0.872. The van der Waals surface area contributed by atoms with Crippen molar-refractivity contribution >= 4 is 15.9 Å². The van der Waals surface area contributed by atoms with E-state index in [9.17, 15) is 13.2 Å². The topological polar surface area (TPSA) is 84.9 Å². The Hall–Kier alpha value is -2.58. The number of hydrogen-bond acceptors (Lipinski definition) is 5. The van der Waals surface area contributed by atoms with Gasteiger partial charge in [-0.1, -0.05) is 30.3 Å². The van der Waals surface area contributed by atoms with E-state index >= 15 is 0 Å². The summed E-state index contributed by atoms with van der Waals surface area (Å²) >= 11 is 0. The number of sulfonamides is 1. The number of benzene rings is 2. The maximum atomic E-state index is 12.6. The molecule has 150 valence electrons. The molecular formula is C20H24N2O5S. The van der Waals surface area contributed by atoms with E-state index in [0.29, 0.717) is 37.8 Å². The molecule has 8 heteroatoms. The van der Waals surface area contributed by atoms with Crippen LogP contribution in [0.1, 0.15) is 18.9 Å². The first-order valence-corrected chi connectivity index (χ1v) is 10.7. The van der Waals surface area contributed by atoms with Crippen LogP contribution in [0.25, 0.3) is 0 Å². The number of rotatable bonds is 8. The average molecular weight is 404 g/mol. The first kappa shape index (κ1) is 20.2. The van der Waals surface area contributed by atoms with Crippen LogP contribution in [0.4, 0.5) is 0 Å². The van der Waals surface area contributed by atoms with E-state index in [-0.39, 0.29) is 23.8 Å². The van der Waals surface area contributed by atoms with Crippen LogP contribution < -0.4 is 14.2 Å². The molecule has 1 heterocycles. The van der Waals surface area contributed by atoms with Crippen molar-refractivity contribution < 1.29 is 22.7 Å². The number of amides is 1. The lowest BCUT2D eigenvalue weighted by Gasteiger charge is -2.25. The average Bonchev–Trinajstić information content (AvgIpc) is 2.72. The van der Waals surface area contributed by atoms with Gasteiger partial charge in [-0.15, -0.1) is 0 Å². The number of hydrogen-bond donors (Lipinski definition) is 1. The molecular weight excluding hydrogens is 380 g/mol. The van der Waals surface area contributed by atoms with Gasteiger partial charge in [-0.3, -0.25) is 4.79 Å². The van der Waals surface area contributed by atoms with Crippen LogP contribution in [0.15, 0.2) is 53.4 Å². The van der Waals surface area contributed by atoms with E-state index in [0.717, 1.165) is 5.56 Å². The minimum atomic E-state index is -3.62. The Morgan fingerprint density at radius 1 is 1.07 bits per heavy atom. The SMILES string of the molecule is CCN(Cc1cccc2c1OCCO2)C(=O)CCNS(=O)(=O)c1ccccc1. The molecule has 0 bridgehead atoms. The lowest BCUT2D eigenvalue weighted by atomic mass is 10.1. The van der Waals surface area contributed by atoms with Gasteiger partial charge in [-0.2, -0.15) is 0 Å². The lowest BCUT2D eigenvalue weighted by Crippen LogP contribution is -2.34. The molecule has 2 aromatic rings. The van der Waals surface area contributed by atoms with Crippen molar-refractivity contribution in [2.75, 3.05) is 26.3 Å². The minimum Gasteiger partial charge on any atom is -0.486 e. The Bertz CT molecular complexity index is 915. The van der Waals surface area contributed by atoms with E-state index < -0.39 is 10.0 Å². The van der Waals surface area contributed by atoms with Crippen molar-refractivity contribution in [3.8, 4) is 11.5 Å². The summed E-state index contributed by atoms with van der Waals surface area (Å²) < 4.78 is 38.2. The third kappa shape index (κ3) is 4.82. The smallest absolute Gasteiger partial charge is 0.240 e. The number of fused-ring (bicyclic) bond motifs is 1. The third-order valence-electron chi connectivity index (χ3n) is 4.43. The Morgan fingerprint density at radius 2 is 1.82 bits per heavy atom. The maximum Gasteiger partial charge on any atom is 0.240 e. The molecule has 2 aromatic carbocycles. The molecule has 0 spiro atoms. The fraction of sp³-hybridized carbons (Fsp3) is 0.350. The van der Waals surface area contributed by atoms with Gasteiger partial charge in [0.2, 0.25) is 15.9 Å². The zero-order valence-corrected chi connectivity index (χ0v) is 16.6. The standard InChI is InChI=1S/C20H24N2O5S/c1-2-22(15-16-7-6-10-18-20(16)27-14-13-26-18)19(23)11-12-21-28(24,25)17-8-4-3-5-9-17/h3-10,21H,2,11-15H2,1H3. The molecule has 0 saturated heterocycles. The molecule has 7 nitrogen and oxygen atoms in total. The minimum absolute atomic E-state index is 0.0407. The van der Waals surface area contributed by atoms with Crippen molar-refractivity contribution in [1.82, 2.24) is 9.62 Å². The van der Waals surface area contributed by atoms with Gasteiger partial charge in [0, 0.05) is 31.6 Å². The Labute approximate surface area is 165 Å². The number of carbonyl (C=O) groups is 1. The highest BCUT2D eigenvalue weighted by Crippen LogP contribution is 2.34. The molecule has 0 saturated carbocycles. The first-order chi connectivity index (χ1) is 13.5. The second-order valence-electron chi connectivity index (χ2n) is 6.31. The summed E-state index contributed by atoms with van der Waals surface area (Å²) in [6.07, 6.45) is 0.0757. The van der Waals surface area contributed by atoms with E-state index in [1.54, 1.807) is 23.1 Å². The largest absolute Gasteiger partial charge is 0.486 e. The molecule has 0 atom stereocenters. The number of ether oxygens (including phenoxy) is 2. The molecule has 1 aliphatic heterocycles. The quantitative estimate of drug-likeness (QED) is 0.729. The highest BCUT2D eigenvalue weighted by atomic mass is 32.2. The van der Waals surface area contributed by atoms with E-state index in [4.69, 9.17) is 9.47 Å². The molecule has 1 N–H and O–H groups in total. The monoisotopic (exact) mass is 404 g/mol. The predicted octanol–water partition coefficient (Wildman–Crippen LogP) is 2.17. The summed E-state index contributed by atoms with van der Waals surface area (Å²) in [5, 5.41) is 0. The molecule has 0 fully saturated rings. The van der Waals surface area contributed by atoms with Crippen LogP contribution in [-0.4, -0.2) is 45.5 Å². The Morgan fingerprint density at radius 3 is 2.57 bits per heavy atom. The van der Waals surface area contributed by atoms with Gasteiger partial charge >= 0.3 is 0 Å². The van der Waals surface area contributed by atoms with Gasteiger partial charge in [0.15, 0.2) is 11.5 Å². The zero-order valence-electron chi connectivity index (χ0n) is 15.8. The van der Waals surface area contributed by atoms with Crippen LogP contribution in [-0.2, 0) is 21.4 Å². The van der Waals surface area contributed by atoms with Gasteiger partial charge in [0.05, 0.1) is 4.90 Å². The van der Waals surface area contributed by atoms with Gasteiger partial charge in [-0.25, -0.2) is 13.1 Å². The summed E-state index contributed by atoms with van der Waals surface area (Å²) in [5.74, 6) is 1.22.